The van der Waals surface area contributed by atoms with Crippen LogP contribution in [0, 0.1) is 0 Å². The Morgan fingerprint density at radius 2 is 1.18 bits per heavy atom. The van der Waals surface area contributed by atoms with Crippen molar-refractivity contribution in [2.75, 3.05) is 0 Å². The maximum absolute atomic E-state index is 5.95. The van der Waals surface area contributed by atoms with E-state index in [0.29, 0.717) is 0 Å². The van der Waals surface area contributed by atoms with E-state index in [2.05, 4.69) is 0 Å². The minimum absolute atomic E-state index is 0. The number of rotatable bonds is 0. The monoisotopic (exact) mass is 198 g/mol. The number of hydrogen-bond acceptors (Lipinski definition) is 2. The summed E-state index contributed by atoms with van der Waals surface area (Å²) in [7, 11) is 0. The molecule has 0 spiro atoms. The summed E-state index contributed by atoms with van der Waals surface area (Å²) in [5, 5.41) is 0. The molecule has 3 aliphatic rings. The number of fused-ring (bicyclic) bond motifs is 2. The van der Waals surface area contributed by atoms with Crippen LogP contribution < -0.4 is 11.5 Å². The van der Waals surface area contributed by atoms with Crippen LogP contribution in [-0.4, -0.2) is 11.1 Å². The fraction of sp³-hybridized carbons (Fsp3) is 1.00. The molecule has 0 aromatic carbocycles. The molecular formula is C7H16Cl2N2. The molecule has 0 saturated heterocycles. The second kappa shape index (κ2) is 3.09. The highest BCUT2D eigenvalue weighted by Gasteiger charge is 2.52. The molecule has 68 valence electrons. The van der Waals surface area contributed by atoms with E-state index < -0.39 is 0 Å². The molecule has 0 aliphatic heterocycles. The van der Waals surface area contributed by atoms with E-state index in [9.17, 15) is 0 Å². The summed E-state index contributed by atoms with van der Waals surface area (Å²) in [6.45, 7) is 0. The maximum atomic E-state index is 5.95. The Morgan fingerprint density at radius 3 is 1.36 bits per heavy atom. The number of hydrogen-bond donors (Lipinski definition) is 2. The molecule has 0 radical (unpaired) electrons. The van der Waals surface area contributed by atoms with Crippen molar-refractivity contribution in [1.29, 1.82) is 0 Å². The molecule has 3 rings (SSSR count). The Balaban J connectivity index is 0.000000500. The van der Waals surface area contributed by atoms with Gasteiger partial charge in [-0.3, -0.25) is 0 Å². The Kier molecular flexibility index (Phi) is 3.23. The van der Waals surface area contributed by atoms with Gasteiger partial charge < -0.3 is 11.5 Å². The second-order valence-corrected chi connectivity index (χ2v) is 3.93. The third-order valence-corrected chi connectivity index (χ3v) is 2.76. The minimum atomic E-state index is 0. The molecule has 0 heterocycles. The molecule has 11 heavy (non-hydrogen) atoms. The van der Waals surface area contributed by atoms with Gasteiger partial charge in [-0.15, -0.1) is 24.8 Å². The van der Waals surface area contributed by atoms with Gasteiger partial charge in [-0.05, 0) is 32.1 Å². The van der Waals surface area contributed by atoms with Crippen LogP contribution in [0.25, 0.3) is 0 Å². The van der Waals surface area contributed by atoms with Gasteiger partial charge in [-0.1, -0.05) is 0 Å². The largest absolute Gasteiger partial charge is 0.325 e. The van der Waals surface area contributed by atoms with Crippen LogP contribution in [0.4, 0.5) is 0 Å². The van der Waals surface area contributed by atoms with E-state index >= 15 is 0 Å². The van der Waals surface area contributed by atoms with Crippen LogP contribution in [0.15, 0.2) is 0 Å². The molecule has 0 unspecified atom stereocenters. The van der Waals surface area contributed by atoms with Gasteiger partial charge in [0.25, 0.3) is 0 Å². The highest BCUT2D eigenvalue weighted by atomic mass is 35.5. The van der Waals surface area contributed by atoms with Gasteiger partial charge in [-0.25, -0.2) is 0 Å². The van der Waals surface area contributed by atoms with Gasteiger partial charge >= 0.3 is 0 Å². The van der Waals surface area contributed by atoms with E-state index in [4.69, 9.17) is 11.5 Å². The molecule has 4 heteroatoms. The molecule has 2 bridgehead atoms. The predicted molar refractivity (Wildman–Crippen MR) is 51.4 cm³/mol. The third kappa shape index (κ3) is 1.81. The van der Waals surface area contributed by atoms with Crippen molar-refractivity contribution in [3.63, 3.8) is 0 Å². The van der Waals surface area contributed by atoms with Crippen LogP contribution in [-0.2, 0) is 0 Å². The molecule has 4 N–H and O–H groups in total. The van der Waals surface area contributed by atoms with Crippen molar-refractivity contribution >= 4 is 24.8 Å². The zero-order valence-electron chi connectivity index (χ0n) is 6.51. The number of nitrogens with two attached hydrogens (primary N) is 2. The van der Waals surface area contributed by atoms with Crippen molar-refractivity contribution in [3.05, 3.63) is 0 Å². The first kappa shape index (κ1) is 11.5. The summed E-state index contributed by atoms with van der Waals surface area (Å²) in [5.41, 5.74) is 12.2. The van der Waals surface area contributed by atoms with Crippen LogP contribution >= 0.6 is 24.8 Å². The quantitative estimate of drug-likeness (QED) is 0.615. The lowest BCUT2D eigenvalue weighted by Gasteiger charge is -2.57. The SMILES string of the molecule is Cl.Cl.NC12CCCC(N)(C1)C2. The van der Waals surface area contributed by atoms with Gasteiger partial charge in [0, 0.05) is 11.1 Å². The van der Waals surface area contributed by atoms with Crippen molar-refractivity contribution in [2.45, 2.75) is 43.2 Å². The average molecular weight is 199 g/mol. The molecule has 3 fully saturated rings. The van der Waals surface area contributed by atoms with E-state index in [1.54, 1.807) is 0 Å². The molecule has 3 saturated carbocycles. The van der Waals surface area contributed by atoms with E-state index in [1.807, 2.05) is 0 Å². The second-order valence-electron chi connectivity index (χ2n) is 3.93. The summed E-state index contributed by atoms with van der Waals surface area (Å²) >= 11 is 0. The molecular weight excluding hydrogens is 183 g/mol. The van der Waals surface area contributed by atoms with Crippen molar-refractivity contribution in [3.8, 4) is 0 Å². The summed E-state index contributed by atoms with van der Waals surface area (Å²) in [5.74, 6) is 0. The predicted octanol–water partition coefficient (Wildman–Crippen LogP) is 1.20. The highest BCUT2D eigenvalue weighted by molar-refractivity contribution is 5.85. The van der Waals surface area contributed by atoms with Crippen LogP contribution in [0.3, 0.4) is 0 Å². The Morgan fingerprint density at radius 1 is 0.818 bits per heavy atom. The fourth-order valence-corrected chi connectivity index (χ4v) is 2.50. The minimum Gasteiger partial charge on any atom is -0.325 e. The van der Waals surface area contributed by atoms with Crippen LogP contribution in [0.5, 0.6) is 0 Å². The Bertz CT molecular complexity index is 129. The van der Waals surface area contributed by atoms with Crippen molar-refractivity contribution in [2.24, 2.45) is 11.5 Å². The molecule has 2 nitrogen and oxygen atoms in total. The molecule has 0 atom stereocenters. The lowest BCUT2D eigenvalue weighted by molar-refractivity contribution is 0.0466. The summed E-state index contributed by atoms with van der Waals surface area (Å²) in [4.78, 5) is 0. The third-order valence-electron chi connectivity index (χ3n) is 2.76. The fourth-order valence-electron chi connectivity index (χ4n) is 2.50. The topological polar surface area (TPSA) is 52.0 Å². The summed E-state index contributed by atoms with van der Waals surface area (Å²) < 4.78 is 0. The van der Waals surface area contributed by atoms with Gasteiger partial charge in [0.05, 0.1) is 0 Å². The first-order valence-electron chi connectivity index (χ1n) is 3.70. The van der Waals surface area contributed by atoms with E-state index in [1.165, 1.54) is 19.3 Å². The maximum Gasteiger partial charge on any atom is 0.0189 e. The highest BCUT2D eigenvalue weighted by Crippen LogP contribution is 2.48. The summed E-state index contributed by atoms with van der Waals surface area (Å²) in [6, 6.07) is 0. The molecule has 3 aliphatic carbocycles. The van der Waals surface area contributed by atoms with Gasteiger partial charge in [-0.2, -0.15) is 0 Å². The molecule has 0 aromatic rings. The standard InChI is InChI=1S/C7H14N2.2ClH/c8-6-2-1-3-7(9,4-6)5-6;;/h1-5,8-9H2;2*1H. The van der Waals surface area contributed by atoms with E-state index in [-0.39, 0.29) is 35.9 Å². The smallest absolute Gasteiger partial charge is 0.0189 e. The van der Waals surface area contributed by atoms with Crippen LogP contribution in [0.1, 0.15) is 32.1 Å². The average Bonchev–Trinajstić information content (AvgIpc) is 1.59. The summed E-state index contributed by atoms with van der Waals surface area (Å²) in [6.07, 6.45) is 5.78. The van der Waals surface area contributed by atoms with Gasteiger partial charge in [0.1, 0.15) is 0 Å². The van der Waals surface area contributed by atoms with Crippen molar-refractivity contribution in [1.82, 2.24) is 0 Å². The lowest BCUT2D eigenvalue weighted by Crippen LogP contribution is -2.69. The molecule has 0 aromatic heterocycles. The lowest BCUT2D eigenvalue weighted by atomic mass is 9.55. The molecule has 0 amide bonds. The first-order valence-corrected chi connectivity index (χ1v) is 3.70. The van der Waals surface area contributed by atoms with Gasteiger partial charge in [0.15, 0.2) is 0 Å². The zero-order valence-corrected chi connectivity index (χ0v) is 8.14. The zero-order chi connectivity index (χ0) is 6.54. The van der Waals surface area contributed by atoms with Crippen molar-refractivity contribution < 1.29 is 0 Å². The van der Waals surface area contributed by atoms with E-state index in [0.717, 1.165) is 12.8 Å². The number of halogens is 2. The van der Waals surface area contributed by atoms with Crippen LogP contribution in [0.2, 0.25) is 0 Å². The Labute approximate surface area is 79.9 Å². The first-order chi connectivity index (χ1) is 4.12. The Hall–Kier alpha value is 0.500. The normalized spacial score (nSPS) is 46.4. The van der Waals surface area contributed by atoms with Gasteiger partial charge in [0.2, 0.25) is 0 Å².